The van der Waals surface area contributed by atoms with Gasteiger partial charge in [0.1, 0.15) is 0 Å². The van der Waals surface area contributed by atoms with Crippen LogP contribution in [0.4, 0.5) is 0 Å². The Labute approximate surface area is 118 Å². The van der Waals surface area contributed by atoms with Crippen molar-refractivity contribution in [2.24, 2.45) is 5.92 Å². The van der Waals surface area contributed by atoms with E-state index < -0.39 is 10.0 Å². The van der Waals surface area contributed by atoms with Crippen molar-refractivity contribution >= 4 is 10.0 Å². The van der Waals surface area contributed by atoms with E-state index in [2.05, 4.69) is 11.8 Å². The minimum absolute atomic E-state index is 0.299. The number of hydrogen-bond donors (Lipinski definition) is 0. The maximum atomic E-state index is 12.0. The highest BCUT2D eigenvalue weighted by Crippen LogP contribution is 2.28. The second-order valence-electron chi connectivity index (χ2n) is 6.18. The van der Waals surface area contributed by atoms with Crippen LogP contribution in [0.1, 0.15) is 46.0 Å². The Morgan fingerprint density at radius 2 is 1.79 bits per heavy atom. The molecule has 1 saturated heterocycles. The molecule has 0 radical (unpaired) electrons. The van der Waals surface area contributed by atoms with Crippen LogP contribution in [0.5, 0.6) is 0 Å². The molecule has 2 rings (SSSR count). The van der Waals surface area contributed by atoms with Crippen LogP contribution < -0.4 is 0 Å². The lowest BCUT2D eigenvalue weighted by Gasteiger charge is -2.41. The quantitative estimate of drug-likeness (QED) is 0.793. The lowest BCUT2D eigenvalue weighted by molar-refractivity contribution is 0.0967. The maximum Gasteiger partial charge on any atom is 0.214 e. The molecule has 0 bridgehead atoms. The van der Waals surface area contributed by atoms with Gasteiger partial charge in [-0.1, -0.05) is 26.7 Å². The molecule has 5 heteroatoms. The van der Waals surface area contributed by atoms with Crippen molar-refractivity contribution < 1.29 is 8.42 Å². The van der Waals surface area contributed by atoms with Gasteiger partial charge in [0.2, 0.25) is 10.0 Å². The molecule has 1 heterocycles. The molecule has 2 unspecified atom stereocenters. The Kier molecular flexibility index (Phi) is 5.26. The van der Waals surface area contributed by atoms with Crippen LogP contribution in [0.3, 0.4) is 0 Å². The largest absolute Gasteiger partial charge is 0.298 e. The van der Waals surface area contributed by atoms with E-state index in [4.69, 9.17) is 0 Å². The van der Waals surface area contributed by atoms with E-state index in [1.165, 1.54) is 25.7 Å². The summed E-state index contributed by atoms with van der Waals surface area (Å²) in [5.74, 6) is 1.13. The van der Waals surface area contributed by atoms with Crippen molar-refractivity contribution in [2.45, 2.75) is 52.0 Å². The predicted molar refractivity (Wildman–Crippen MR) is 78.6 cm³/mol. The zero-order valence-corrected chi connectivity index (χ0v) is 13.2. The molecular formula is C14H28N2O2S. The SMILES string of the molecule is CCCS(=O)(=O)N1CCN(C2CCCC(C)C2)CC1. The van der Waals surface area contributed by atoms with Crippen LogP contribution in [-0.4, -0.2) is 55.6 Å². The first-order chi connectivity index (χ1) is 9.03. The summed E-state index contributed by atoms with van der Waals surface area (Å²) >= 11 is 0. The second-order valence-corrected chi connectivity index (χ2v) is 8.27. The topological polar surface area (TPSA) is 40.6 Å². The van der Waals surface area contributed by atoms with Crippen molar-refractivity contribution in [1.29, 1.82) is 0 Å². The summed E-state index contributed by atoms with van der Waals surface area (Å²) in [4.78, 5) is 2.52. The van der Waals surface area contributed by atoms with Gasteiger partial charge in [-0.15, -0.1) is 0 Å². The van der Waals surface area contributed by atoms with E-state index in [0.717, 1.165) is 19.0 Å². The van der Waals surface area contributed by atoms with Crippen LogP contribution in [0.25, 0.3) is 0 Å². The first kappa shape index (κ1) is 15.3. The normalized spacial score (nSPS) is 31.5. The van der Waals surface area contributed by atoms with Gasteiger partial charge < -0.3 is 0 Å². The fourth-order valence-electron chi connectivity index (χ4n) is 3.47. The molecule has 0 aromatic rings. The van der Waals surface area contributed by atoms with Gasteiger partial charge >= 0.3 is 0 Å². The third-order valence-electron chi connectivity index (χ3n) is 4.55. The number of hydrogen-bond acceptors (Lipinski definition) is 3. The van der Waals surface area contributed by atoms with Crippen molar-refractivity contribution in [3.8, 4) is 0 Å². The van der Waals surface area contributed by atoms with E-state index in [1.54, 1.807) is 4.31 Å². The molecule has 19 heavy (non-hydrogen) atoms. The van der Waals surface area contributed by atoms with Crippen molar-refractivity contribution in [1.82, 2.24) is 9.21 Å². The fraction of sp³-hybridized carbons (Fsp3) is 1.00. The minimum atomic E-state index is -2.99. The van der Waals surface area contributed by atoms with Crippen LogP contribution in [0.2, 0.25) is 0 Å². The molecule has 0 aromatic carbocycles. The molecule has 1 aliphatic carbocycles. The van der Waals surface area contributed by atoms with Gasteiger partial charge in [0, 0.05) is 32.2 Å². The lowest BCUT2D eigenvalue weighted by atomic mass is 9.86. The lowest BCUT2D eigenvalue weighted by Crippen LogP contribution is -2.53. The van der Waals surface area contributed by atoms with Crippen LogP contribution in [-0.2, 0) is 10.0 Å². The van der Waals surface area contributed by atoms with Gasteiger partial charge in [0.25, 0.3) is 0 Å². The van der Waals surface area contributed by atoms with Crippen molar-refractivity contribution in [3.05, 3.63) is 0 Å². The summed E-state index contributed by atoms with van der Waals surface area (Å²) in [6, 6.07) is 0.694. The standard InChI is InChI=1S/C14H28N2O2S/c1-3-11-19(17,18)16-9-7-15(8-10-16)14-6-4-5-13(2)12-14/h13-14H,3-12H2,1-2H3. The summed E-state index contributed by atoms with van der Waals surface area (Å²) in [6.07, 6.45) is 6.00. The van der Waals surface area contributed by atoms with E-state index >= 15 is 0 Å². The third kappa shape index (κ3) is 3.92. The molecule has 2 fully saturated rings. The molecule has 1 aliphatic heterocycles. The van der Waals surface area contributed by atoms with Crippen molar-refractivity contribution in [2.75, 3.05) is 31.9 Å². The Balaban J connectivity index is 1.85. The first-order valence-corrected chi connectivity index (χ1v) is 9.35. The van der Waals surface area contributed by atoms with Crippen LogP contribution in [0, 0.1) is 5.92 Å². The van der Waals surface area contributed by atoms with E-state index in [9.17, 15) is 8.42 Å². The Bertz CT molecular complexity index is 375. The van der Waals surface area contributed by atoms with Gasteiger partial charge in [-0.2, -0.15) is 4.31 Å². The van der Waals surface area contributed by atoms with Gasteiger partial charge in [0.05, 0.1) is 5.75 Å². The molecule has 0 spiro atoms. The molecule has 2 atom stereocenters. The zero-order chi connectivity index (χ0) is 13.9. The zero-order valence-electron chi connectivity index (χ0n) is 12.3. The molecule has 2 aliphatic rings. The maximum absolute atomic E-state index is 12.0. The minimum Gasteiger partial charge on any atom is -0.298 e. The second kappa shape index (κ2) is 6.55. The Morgan fingerprint density at radius 1 is 1.11 bits per heavy atom. The van der Waals surface area contributed by atoms with E-state index in [0.29, 0.717) is 31.3 Å². The van der Waals surface area contributed by atoms with Gasteiger partial charge in [-0.3, -0.25) is 4.90 Å². The number of piperazine rings is 1. The Morgan fingerprint density at radius 3 is 2.37 bits per heavy atom. The summed E-state index contributed by atoms with van der Waals surface area (Å²) < 4.78 is 25.7. The highest BCUT2D eigenvalue weighted by Gasteiger charge is 2.31. The highest BCUT2D eigenvalue weighted by atomic mass is 32.2. The van der Waals surface area contributed by atoms with Gasteiger partial charge in [-0.25, -0.2) is 8.42 Å². The Hall–Kier alpha value is -0.130. The molecule has 0 N–H and O–H groups in total. The summed E-state index contributed by atoms with van der Waals surface area (Å²) in [7, 11) is -2.99. The third-order valence-corrected chi connectivity index (χ3v) is 6.63. The molecule has 0 amide bonds. The summed E-state index contributed by atoms with van der Waals surface area (Å²) in [5, 5.41) is 0. The van der Waals surface area contributed by atoms with Crippen LogP contribution in [0.15, 0.2) is 0 Å². The van der Waals surface area contributed by atoms with Crippen molar-refractivity contribution in [3.63, 3.8) is 0 Å². The summed E-state index contributed by atoms with van der Waals surface area (Å²) in [5.41, 5.74) is 0. The fourth-order valence-corrected chi connectivity index (χ4v) is 4.96. The molecule has 1 saturated carbocycles. The number of nitrogens with zero attached hydrogens (tertiary/aromatic N) is 2. The molecular weight excluding hydrogens is 260 g/mol. The van der Waals surface area contributed by atoms with Gasteiger partial charge in [-0.05, 0) is 25.2 Å². The average molecular weight is 288 g/mol. The molecule has 4 nitrogen and oxygen atoms in total. The smallest absolute Gasteiger partial charge is 0.214 e. The highest BCUT2D eigenvalue weighted by molar-refractivity contribution is 7.89. The van der Waals surface area contributed by atoms with E-state index in [1.807, 2.05) is 6.92 Å². The molecule has 112 valence electrons. The monoisotopic (exact) mass is 288 g/mol. The van der Waals surface area contributed by atoms with E-state index in [-0.39, 0.29) is 0 Å². The first-order valence-electron chi connectivity index (χ1n) is 7.75. The van der Waals surface area contributed by atoms with Crippen LogP contribution >= 0.6 is 0 Å². The molecule has 0 aromatic heterocycles. The predicted octanol–water partition coefficient (Wildman–Crippen LogP) is 1.92. The average Bonchev–Trinajstić information content (AvgIpc) is 2.39. The number of sulfonamides is 1. The van der Waals surface area contributed by atoms with Gasteiger partial charge in [0.15, 0.2) is 0 Å². The summed E-state index contributed by atoms with van der Waals surface area (Å²) in [6.45, 7) is 7.48. The number of rotatable bonds is 4.